The SMILES string of the molecule is O=C([C@H](O)[C@H](O)[C@H](O)CO)P(=O)(O)OP(=O)(O)OP(=O)(O)O. The van der Waals surface area contributed by atoms with Crippen LogP contribution in [0.1, 0.15) is 0 Å². The summed E-state index contributed by atoms with van der Waals surface area (Å²) in [5.41, 5.74) is -2.30. The molecule has 0 aliphatic heterocycles. The normalized spacial score (nSPS) is 22.2. The van der Waals surface area contributed by atoms with Gasteiger partial charge < -0.3 is 40.0 Å². The second-order valence-electron chi connectivity index (χ2n) is 3.67. The summed E-state index contributed by atoms with van der Waals surface area (Å²) >= 11 is 0. The Bertz CT molecular complexity index is 537. The summed E-state index contributed by atoms with van der Waals surface area (Å²) in [6.07, 6.45) is -7.39. The van der Waals surface area contributed by atoms with E-state index in [1.165, 1.54) is 0 Å². The molecule has 0 aliphatic carbocycles. The van der Waals surface area contributed by atoms with Crippen molar-refractivity contribution in [1.82, 2.24) is 0 Å². The molecule has 0 aliphatic rings. The van der Waals surface area contributed by atoms with E-state index in [2.05, 4.69) is 8.62 Å². The van der Waals surface area contributed by atoms with Crippen LogP contribution in [0.15, 0.2) is 0 Å². The van der Waals surface area contributed by atoms with Crippen LogP contribution in [0.4, 0.5) is 0 Å². The Kier molecular flexibility index (Phi) is 7.67. The van der Waals surface area contributed by atoms with Crippen molar-refractivity contribution in [1.29, 1.82) is 0 Å². The molecule has 0 aromatic rings. The third kappa shape index (κ3) is 7.02. The highest BCUT2D eigenvalue weighted by molar-refractivity contribution is 7.77. The molecule has 0 heterocycles. The molecule has 0 fully saturated rings. The first-order valence-electron chi connectivity index (χ1n) is 4.96. The molecule has 0 aromatic carbocycles. The largest absolute Gasteiger partial charge is 0.488 e. The predicted octanol–water partition coefficient (Wildman–Crippen LogP) is -3.00. The number of carbonyl (C=O) groups excluding carboxylic acids is 1. The van der Waals surface area contributed by atoms with E-state index in [0.29, 0.717) is 0 Å². The van der Waals surface area contributed by atoms with Gasteiger partial charge >= 0.3 is 23.2 Å². The van der Waals surface area contributed by atoms with E-state index in [0.717, 1.165) is 0 Å². The Morgan fingerprint density at radius 1 is 0.955 bits per heavy atom. The molecule has 0 saturated heterocycles. The molecule has 5 atom stereocenters. The first-order valence-corrected chi connectivity index (χ1v) is 9.56. The van der Waals surface area contributed by atoms with Crippen molar-refractivity contribution in [3.8, 4) is 0 Å². The standard InChI is InChI=1S/C5H13O14P3/c6-1-2(7)3(8)4(9)5(10)20(11,12)18-22(16,17)19-21(13,14)15/h2-4,6-9H,1H2,(H,11,12)(H,16,17)(H2,13,14,15)/t2-,3-,4-/m1/s1. The van der Waals surface area contributed by atoms with Crippen molar-refractivity contribution in [3.05, 3.63) is 0 Å². The summed E-state index contributed by atoms with van der Waals surface area (Å²) in [4.78, 5) is 45.8. The van der Waals surface area contributed by atoms with E-state index in [1.807, 2.05) is 0 Å². The van der Waals surface area contributed by atoms with E-state index in [9.17, 15) is 23.6 Å². The molecule has 14 nitrogen and oxygen atoms in total. The van der Waals surface area contributed by atoms with Gasteiger partial charge in [-0.05, 0) is 0 Å². The van der Waals surface area contributed by atoms with E-state index in [-0.39, 0.29) is 0 Å². The van der Waals surface area contributed by atoms with Gasteiger partial charge in [0.2, 0.25) is 0 Å². The maximum absolute atomic E-state index is 11.4. The highest BCUT2D eigenvalue weighted by atomic mass is 31.3. The third-order valence-corrected chi connectivity index (χ3v) is 6.07. The molecular formula is C5H13O14P3. The summed E-state index contributed by atoms with van der Waals surface area (Å²) in [6.45, 7) is -1.15. The van der Waals surface area contributed by atoms with E-state index in [4.69, 9.17) is 34.9 Å². The highest BCUT2D eigenvalue weighted by Gasteiger charge is 2.48. The van der Waals surface area contributed by atoms with Gasteiger partial charge in [-0.2, -0.15) is 4.31 Å². The van der Waals surface area contributed by atoms with Crippen LogP contribution >= 0.6 is 23.2 Å². The lowest BCUT2D eigenvalue weighted by molar-refractivity contribution is -0.133. The number of aliphatic hydroxyl groups is 4. The lowest BCUT2D eigenvalue weighted by atomic mass is 10.1. The summed E-state index contributed by atoms with van der Waals surface area (Å²) < 4.78 is 39.3. The topological polar surface area (TPSA) is 249 Å². The maximum Gasteiger partial charge on any atom is 0.488 e. The first-order chi connectivity index (χ1) is 9.63. The van der Waals surface area contributed by atoms with Gasteiger partial charge in [0.15, 0.2) is 6.10 Å². The van der Waals surface area contributed by atoms with Crippen LogP contribution in [0.25, 0.3) is 0 Å². The fourth-order valence-corrected chi connectivity index (χ4v) is 4.35. The smallest absolute Gasteiger partial charge is 0.394 e. The van der Waals surface area contributed by atoms with Crippen LogP contribution in [0.3, 0.4) is 0 Å². The lowest BCUT2D eigenvalue weighted by Crippen LogP contribution is -2.43. The van der Waals surface area contributed by atoms with Gasteiger partial charge in [-0.25, -0.2) is 13.4 Å². The Morgan fingerprint density at radius 2 is 1.41 bits per heavy atom. The molecule has 0 rings (SSSR count). The van der Waals surface area contributed by atoms with Crippen molar-refractivity contribution < 1.29 is 67.1 Å². The van der Waals surface area contributed by atoms with Gasteiger partial charge in [0, 0.05) is 0 Å². The van der Waals surface area contributed by atoms with Crippen LogP contribution in [0.2, 0.25) is 0 Å². The Balaban J connectivity index is 5.16. The fraction of sp³-hybridized carbons (Fsp3) is 0.800. The van der Waals surface area contributed by atoms with Crippen molar-refractivity contribution in [2.75, 3.05) is 6.61 Å². The number of rotatable bonds is 9. The predicted molar refractivity (Wildman–Crippen MR) is 64.0 cm³/mol. The van der Waals surface area contributed by atoms with E-state index < -0.39 is 53.7 Å². The summed E-state index contributed by atoms with van der Waals surface area (Å²) in [6, 6.07) is 0. The van der Waals surface area contributed by atoms with Crippen LogP contribution in [-0.4, -0.2) is 70.4 Å². The minimum absolute atomic E-state index is 1.15. The van der Waals surface area contributed by atoms with Gasteiger partial charge in [0.05, 0.1) is 6.61 Å². The van der Waals surface area contributed by atoms with Gasteiger partial charge in [0.1, 0.15) is 12.2 Å². The fourth-order valence-electron chi connectivity index (χ4n) is 0.961. The van der Waals surface area contributed by atoms with Crippen LogP contribution in [0.5, 0.6) is 0 Å². The molecule has 0 amide bonds. The summed E-state index contributed by atoms with van der Waals surface area (Å²) in [5, 5.41) is 35.8. The maximum atomic E-state index is 11.4. The molecule has 0 radical (unpaired) electrons. The molecule has 132 valence electrons. The quantitative estimate of drug-likeness (QED) is 0.183. The second kappa shape index (κ2) is 7.69. The number of hydrogen-bond donors (Lipinski definition) is 8. The second-order valence-corrected chi connectivity index (χ2v) is 8.37. The molecule has 8 N–H and O–H groups in total. The Hall–Kier alpha value is -0.0400. The van der Waals surface area contributed by atoms with Crippen molar-refractivity contribution >= 4 is 28.8 Å². The first kappa shape index (κ1) is 22.0. The zero-order chi connectivity index (χ0) is 17.9. The molecule has 22 heavy (non-hydrogen) atoms. The minimum Gasteiger partial charge on any atom is -0.394 e. The molecular weight excluding hydrogens is 377 g/mol. The lowest BCUT2D eigenvalue weighted by Gasteiger charge is -2.22. The van der Waals surface area contributed by atoms with Crippen LogP contribution in [0, 0.1) is 0 Å². The zero-order valence-electron chi connectivity index (χ0n) is 10.3. The molecule has 0 bridgehead atoms. The number of hydrogen-bond acceptors (Lipinski definition) is 10. The third-order valence-electron chi connectivity index (χ3n) is 1.86. The van der Waals surface area contributed by atoms with Crippen molar-refractivity contribution in [3.63, 3.8) is 0 Å². The monoisotopic (exact) mass is 390 g/mol. The Labute approximate surface area is 122 Å². The zero-order valence-corrected chi connectivity index (χ0v) is 13.0. The molecule has 17 heteroatoms. The molecule has 0 spiro atoms. The van der Waals surface area contributed by atoms with E-state index >= 15 is 0 Å². The van der Waals surface area contributed by atoms with Crippen molar-refractivity contribution in [2.45, 2.75) is 18.3 Å². The van der Waals surface area contributed by atoms with Gasteiger partial charge in [-0.3, -0.25) is 9.36 Å². The van der Waals surface area contributed by atoms with Crippen molar-refractivity contribution in [2.24, 2.45) is 0 Å². The van der Waals surface area contributed by atoms with E-state index in [1.54, 1.807) is 0 Å². The average Bonchev–Trinajstić information content (AvgIpc) is 2.30. The highest BCUT2D eigenvalue weighted by Crippen LogP contribution is 2.66. The number of carbonyl (C=O) groups is 1. The molecule has 2 unspecified atom stereocenters. The van der Waals surface area contributed by atoms with Gasteiger partial charge in [0.25, 0.3) is 5.52 Å². The van der Waals surface area contributed by atoms with Gasteiger partial charge in [-0.15, -0.1) is 0 Å². The summed E-state index contributed by atoms with van der Waals surface area (Å²) in [5.74, 6) is 0. The Morgan fingerprint density at radius 3 is 1.77 bits per heavy atom. The number of aliphatic hydroxyl groups excluding tert-OH is 4. The molecule has 0 aromatic heterocycles. The van der Waals surface area contributed by atoms with Gasteiger partial charge in [-0.1, -0.05) is 0 Å². The average molecular weight is 390 g/mol. The van der Waals surface area contributed by atoms with Crippen LogP contribution in [-0.2, 0) is 27.1 Å². The van der Waals surface area contributed by atoms with Crippen LogP contribution < -0.4 is 0 Å². The molecule has 0 saturated carbocycles. The number of phosphoric acid groups is 2. The summed E-state index contributed by atoms with van der Waals surface area (Å²) in [7, 11) is -17.4. The minimum atomic E-state index is -5.89.